The first kappa shape index (κ1) is 16.7. The number of carboxylic acids is 1. The maximum atomic E-state index is 11.5. The van der Waals surface area contributed by atoms with E-state index in [-0.39, 0.29) is 6.42 Å². The number of rotatable bonds is 3. The number of carbonyl (C=O) groups excluding carboxylic acids is 2. The van der Waals surface area contributed by atoms with Crippen LogP contribution >= 0.6 is 0 Å². The van der Waals surface area contributed by atoms with E-state index in [1.165, 1.54) is 13.8 Å². The molecule has 0 aromatic heterocycles. The van der Waals surface area contributed by atoms with Gasteiger partial charge in [-0.1, -0.05) is 0 Å². The number of carboxylic acid groups (broad SMARTS) is 1. The molecule has 0 radical (unpaired) electrons. The van der Waals surface area contributed by atoms with Gasteiger partial charge in [-0.25, -0.2) is 0 Å². The summed E-state index contributed by atoms with van der Waals surface area (Å²) in [4.78, 5) is 34.0. The highest BCUT2D eigenvalue weighted by molar-refractivity contribution is 5.73. The molecule has 1 aliphatic carbocycles. The van der Waals surface area contributed by atoms with Gasteiger partial charge in [0.05, 0.1) is 5.92 Å². The highest BCUT2D eigenvalue weighted by Crippen LogP contribution is 2.42. The number of fused-ring (bicyclic) bond motifs is 1. The van der Waals surface area contributed by atoms with Crippen LogP contribution in [0.2, 0.25) is 0 Å². The maximum Gasteiger partial charge on any atom is 0.310 e. The van der Waals surface area contributed by atoms with Crippen molar-refractivity contribution in [1.29, 1.82) is 0 Å². The van der Waals surface area contributed by atoms with Crippen LogP contribution in [-0.4, -0.2) is 53.2 Å². The Balaban J connectivity index is 2.32. The predicted octanol–water partition coefficient (Wildman–Crippen LogP) is 0.474. The third kappa shape index (κ3) is 3.38. The number of aliphatic carboxylic acids is 1. The second kappa shape index (κ2) is 5.85. The van der Waals surface area contributed by atoms with Crippen LogP contribution in [0.15, 0.2) is 0 Å². The van der Waals surface area contributed by atoms with E-state index in [0.717, 1.165) is 0 Å². The van der Waals surface area contributed by atoms with E-state index >= 15 is 0 Å². The van der Waals surface area contributed by atoms with Crippen molar-refractivity contribution in [3.8, 4) is 0 Å². The molecule has 0 amide bonds. The summed E-state index contributed by atoms with van der Waals surface area (Å²) < 4.78 is 21.8. The minimum atomic E-state index is -1.14. The number of hydrogen-bond acceptors (Lipinski definition) is 7. The summed E-state index contributed by atoms with van der Waals surface area (Å²) in [5.74, 6) is -4.30. The van der Waals surface area contributed by atoms with Gasteiger partial charge < -0.3 is 24.1 Å². The molecule has 1 aliphatic heterocycles. The van der Waals surface area contributed by atoms with Crippen LogP contribution in [0.5, 0.6) is 0 Å². The van der Waals surface area contributed by atoms with Gasteiger partial charge in [0.15, 0.2) is 5.79 Å². The molecule has 8 heteroatoms. The van der Waals surface area contributed by atoms with Crippen molar-refractivity contribution in [2.45, 2.75) is 64.3 Å². The summed E-state index contributed by atoms with van der Waals surface area (Å²) >= 11 is 0. The summed E-state index contributed by atoms with van der Waals surface area (Å²) in [5.41, 5.74) is 0. The van der Waals surface area contributed by atoms with Crippen LogP contribution in [0.25, 0.3) is 0 Å². The van der Waals surface area contributed by atoms with Crippen molar-refractivity contribution in [2.75, 3.05) is 0 Å². The van der Waals surface area contributed by atoms with Gasteiger partial charge in [-0.15, -0.1) is 0 Å². The van der Waals surface area contributed by atoms with E-state index < -0.39 is 54.0 Å². The third-order valence-corrected chi connectivity index (χ3v) is 3.67. The van der Waals surface area contributed by atoms with Gasteiger partial charge in [0.1, 0.15) is 24.4 Å². The Kier molecular flexibility index (Phi) is 4.44. The van der Waals surface area contributed by atoms with Gasteiger partial charge in [0, 0.05) is 20.3 Å². The van der Waals surface area contributed by atoms with Crippen LogP contribution < -0.4 is 0 Å². The van der Waals surface area contributed by atoms with E-state index in [0.29, 0.717) is 0 Å². The Labute approximate surface area is 127 Å². The van der Waals surface area contributed by atoms with Crippen molar-refractivity contribution in [3.63, 3.8) is 0 Å². The fourth-order valence-electron chi connectivity index (χ4n) is 3.02. The van der Waals surface area contributed by atoms with E-state index in [9.17, 15) is 19.5 Å². The topological polar surface area (TPSA) is 108 Å². The maximum absolute atomic E-state index is 11.5. The van der Waals surface area contributed by atoms with Crippen molar-refractivity contribution in [2.24, 2.45) is 5.92 Å². The van der Waals surface area contributed by atoms with Crippen LogP contribution in [-0.2, 0) is 33.3 Å². The molecule has 1 N–H and O–H groups in total. The largest absolute Gasteiger partial charge is 0.481 e. The molecule has 0 aromatic carbocycles. The minimum Gasteiger partial charge on any atom is -0.481 e. The molecule has 0 bridgehead atoms. The summed E-state index contributed by atoms with van der Waals surface area (Å²) in [6, 6.07) is 0. The van der Waals surface area contributed by atoms with Crippen molar-refractivity contribution < 1.29 is 38.4 Å². The van der Waals surface area contributed by atoms with Crippen LogP contribution in [0.1, 0.15) is 34.1 Å². The second-order valence-corrected chi connectivity index (χ2v) is 5.97. The first-order chi connectivity index (χ1) is 10.1. The average Bonchev–Trinajstić information content (AvgIpc) is 2.66. The van der Waals surface area contributed by atoms with Gasteiger partial charge in [-0.2, -0.15) is 0 Å². The molecule has 8 nitrogen and oxygen atoms in total. The zero-order valence-electron chi connectivity index (χ0n) is 12.9. The third-order valence-electron chi connectivity index (χ3n) is 3.67. The first-order valence-corrected chi connectivity index (χ1v) is 7.03. The molecule has 1 heterocycles. The lowest BCUT2D eigenvalue weighted by molar-refractivity contribution is -0.186. The van der Waals surface area contributed by atoms with E-state index in [2.05, 4.69) is 0 Å². The van der Waals surface area contributed by atoms with Gasteiger partial charge >= 0.3 is 17.9 Å². The number of esters is 2. The Bertz CT molecular complexity index is 485. The zero-order chi connectivity index (χ0) is 16.7. The second-order valence-electron chi connectivity index (χ2n) is 5.97. The fraction of sp³-hybridized carbons (Fsp3) is 0.786. The molecular weight excluding hydrogens is 296 g/mol. The molecule has 2 aliphatic rings. The molecule has 5 atom stereocenters. The van der Waals surface area contributed by atoms with Crippen LogP contribution in [0.4, 0.5) is 0 Å². The van der Waals surface area contributed by atoms with Crippen molar-refractivity contribution in [3.05, 3.63) is 0 Å². The fourth-order valence-corrected chi connectivity index (χ4v) is 3.02. The van der Waals surface area contributed by atoms with Gasteiger partial charge in [0.25, 0.3) is 0 Å². The van der Waals surface area contributed by atoms with Gasteiger partial charge in [-0.3, -0.25) is 14.4 Å². The molecule has 1 saturated heterocycles. The smallest absolute Gasteiger partial charge is 0.310 e. The lowest BCUT2D eigenvalue weighted by atomic mass is 9.80. The van der Waals surface area contributed by atoms with Crippen molar-refractivity contribution in [1.82, 2.24) is 0 Å². The monoisotopic (exact) mass is 316 g/mol. The van der Waals surface area contributed by atoms with E-state index in [4.69, 9.17) is 18.9 Å². The van der Waals surface area contributed by atoms with Gasteiger partial charge in [0.2, 0.25) is 0 Å². The van der Waals surface area contributed by atoms with Gasteiger partial charge in [-0.05, 0) is 13.8 Å². The Morgan fingerprint density at radius 3 is 2.09 bits per heavy atom. The first-order valence-electron chi connectivity index (χ1n) is 7.03. The molecule has 0 aromatic rings. The summed E-state index contributed by atoms with van der Waals surface area (Å²) in [6.07, 6.45) is -3.25. The standard InChI is InChI=1S/C14H20O8/c1-6(15)19-9-5-8(13(17)18)10(20-7(2)16)12-11(9)21-14(3,4)22-12/h8-12H,5H2,1-4H3,(H,17,18)/t8?,9-,10-,11+,12-/m0/s1. The minimum absolute atomic E-state index is 0.00648. The highest BCUT2D eigenvalue weighted by Gasteiger charge is 2.58. The number of ether oxygens (including phenoxy) is 4. The summed E-state index contributed by atoms with van der Waals surface area (Å²) in [5, 5.41) is 9.40. The SMILES string of the molecule is CC(=O)O[C@H]1CC(C(=O)O)[C@H](OC(C)=O)[C@@H]2OC(C)(C)O[C@@H]21. The Hall–Kier alpha value is -1.67. The molecule has 1 saturated carbocycles. The molecule has 22 heavy (non-hydrogen) atoms. The quantitative estimate of drug-likeness (QED) is 0.749. The lowest BCUT2D eigenvalue weighted by Crippen LogP contribution is -2.56. The predicted molar refractivity (Wildman–Crippen MR) is 70.7 cm³/mol. The number of carbonyl (C=O) groups is 3. The van der Waals surface area contributed by atoms with Crippen molar-refractivity contribution >= 4 is 17.9 Å². The average molecular weight is 316 g/mol. The van der Waals surface area contributed by atoms with Crippen LogP contribution in [0, 0.1) is 5.92 Å². The van der Waals surface area contributed by atoms with E-state index in [1.807, 2.05) is 0 Å². The highest BCUT2D eigenvalue weighted by atomic mass is 16.8. The zero-order valence-corrected chi connectivity index (χ0v) is 12.9. The molecule has 0 spiro atoms. The number of hydrogen-bond donors (Lipinski definition) is 1. The lowest BCUT2D eigenvalue weighted by Gasteiger charge is -2.39. The Morgan fingerprint density at radius 1 is 1.05 bits per heavy atom. The summed E-state index contributed by atoms with van der Waals surface area (Å²) in [7, 11) is 0. The van der Waals surface area contributed by atoms with Crippen LogP contribution in [0.3, 0.4) is 0 Å². The normalized spacial score (nSPS) is 36.3. The molecule has 124 valence electrons. The molecular formula is C14H20O8. The summed E-state index contributed by atoms with van der Waals surface area (Å²) in [6.45, 7) is 5.77. The van der Waals surface area contributed by atoms with E-state index in [1.54, 1.807) is 13.8 Å². The Morgan fingerprint density at radius 2 is 1.59 bits per heavy atom. The molecule has 1 unspecified atom stereocenters. The molecule has 2 fully saturated rings. The molecule has 2 rings (SSSR count).